The summed E-state index contributed by atoms with van der Waals surface area (Å²) >= 11 is 0. The Morgan fingerprint density at radius 3 is 2.83 bits per heavy atom. The summed E-state index contributed by atoms with van der Waals surface area (Å²) in [7, 11) is 1.87. The van der Waals surface area contributed by atoms with E-state index in [1.165, 1.54) is 12.3 Å². The fourth-order valence-electron chi connectivity index (χ4n) is 1.85. The van der Waals surface area contributed by atoms with Crippen LogP contribution in [-0.2, 0) is 13.1 Å². The van der Waals surface area contributed by atoms with Gasteiger partial charge in [-0.15, -0.1) is 0 Å². The molecule has 0 spiro atoms. The highest BCUT2D eigenvalue weighted by Crippen LogP contribution is 2.19. The molecule has 2 N–H and O–H groups in total. The average Bonchev–Trinajstić information content (AvgIpc) is 2.74. The third kappa shape index (κ3) is 2.68. The van der Waals surface area contributed by atoms with Crippen LogP contribution in [0.4, 0.5) is 10.2 Å². The summed E-state index contributed by atoms with van der Waals surface area (Å²) in [6.07, 6.45) is 1.19. The van der Waals surface area contributed by atoms with Crippen LogP contribution in [0.3, 0.4) is 0 Å². The van der Waals surface area contributed by atoms with E-state index in [-0.39, 0.29) is 12.4 Å². The van der Waals surface area contributed by atoms with Gasteiger partial charge in [0.25, 0.3) is 0 Å². The minimum absolute atomic E-state index is 0.252. The molecule has 5 heteroatoms. The zero-order chi connectivity index (χ0) is 13.1. The lowest BCUT2D eigenvalue weighted by Crippen LogP contribution is -2.20. The molecule has 2 heterocycles. The Morgan fingerprint density at radius 2 is 2.22 bits per heavy atom. The molecular weight excluding hydrogens is 233 g/mol. The van der Waals surface area contributed by atoms with Crippen LogP contribution in [0.1, 0.15) is 17.1 Å². The van der Waals surface area contributed by atoms with E-state index in [4.69, 9.17) is 10.2 Å². The molecule has 0 aliphatic rings. The summed E-state index contributed by atoms with van der Waals surface area (Å²) in [6, 6.07) is 5.23. The van der Waals surface area contributed by atoms with E-state index < -0.39 is 0 Å². The van der Waals surface area contributed by atoms with Crippen LogP contribution >= 0.6 is 0 Å². The van der Waals surface area contributed by atoms with Crippen LogP contribution in [0.5, 0.6) is 0 Å². The van der Waals surface area contributed by atoms with Gasteiger partial charge in [-0.1, -0.05) is 0 Å². The number of furan rings is 1. The fraction of sp³-hybridized carbons (Fsp3) is 0.308. The Labute approximate surface area is 105 Å². The third-order valence-electron chi connectivity index (χ3n) is 2.68. The van der Waals surface area contributed by atoms with Crippen molar-refractivity contribution >= 4 is 5.82 Å². The molecule has 96 valence electrons. The van der Waals surface area contributed by atoms with Crippen molar-refractivity contribution in [3.05, 3.63) is 47.3 Å². The predicted molar refractivity (Wildman–Crippen MR) is 67.6 cm³/mol. The first kappa shape index (κ1) is 12.6. The lowest BCUT2D eigenvalue weighted by molar-refractivity contribution is 0.481. The molecule has 2 aromatic rings. The summed E-state index contributed by atoms with van der Waals surface area (Å²) in [5.74, 6) is 2.00. The fourth-order valence-corrected chi connectivity index (χ4v) is 1.85. The molecule has 2 aromatic heterocycles. The maximum absolute atomic E-state index is 13.1. The average molecular weight is 249 g/mol. The van der Waals surface area contributed by atoms with Gasteiger partial charge in [0.1, 0.15) is 23.2 Å². The van der Waals surface area contributed by atoms with Gasteiger partial charge in [0.05, 0.1) is 12.7 Å². The normalized spacial score (nSPS) is 10.7. The Kier molecular flexibility index (Phi) is 3.62. The maximum Gasteiger partial charge on any atom is 0.141 e. The van der Waals surface area contributed by atoms with Crippen molar-refractivity contribution in [2.24, 2.45) is 5.73 Å². The van der Waals surface area contributed by atoms with Crippen molar-refractivity contribution in [1.82, 2.24) is 4.98 Å². The van der Waals surface area contributed by atoms with Crippen LogP contribution in [0.2, 0.25) is 0 Å². The molecule has 0 saturated heterocycles. The number of aromatic nitrogens is 1. The first-order valence-corrected chi connectivity index (χ1v) is 5.71. The molecule has 0 fully saturated rings. The molecule has 0 radical (unpaired) electrons. The van der Waals surface area contributed by atoms with Crippen molar-refractivity contribution in [2.45, 2.75) is 20.0 Å². The Morgan fingerprint density at radius 1 is 1.44 bits per heavy atom. The quantitative estimate of drug-likeness (QED) is 0.902. The standard InChI is InChI=1S/C13H16FN3O/c1-9-3-4-12(18-9)8-17(2)13-10(6-15)5-11(14)7-16-13/h3-5,7H,6,8,15H2,1-2H3. The van der Waals surface area contributed by atoms with Crippen molar-refractivity contribution < 1.29 is 8.81 Å². The summed E-state index contributed by atoms with van der Waals surface area (Å²) in [4.78, 5) is 5.97. The molecule has 0 saturated carbocycles. The second kappa shape index (κ2) is 5.18. The first-order chi connectivity index (χ1) is 8.60. The van der Waals surface area contributed by atoms with Crippen molar-refractivity contribution in [3.63, 3.8) is 0 Å². The lowest BCUT2D eigenvalue weighted by Gasteiger charge is -2.19. The van der Waals surface area contributed by atoms with Gasteiger partial charge in [-0.25, -0.2) is 9.37 Å². The van der Waals surface area contributed by atoms with E-state index in [1.54, 1.807) is 0 Å². The van der Waals surface area contributed by atoms with E-state index in [1.807, 2.05) is 31.0 Å². The smallest absolute Gasteiger partial charge is 0.141 e. The number of pyridine rings is 1. The first-order valence-electron chi connectivity index (χ1n) is 5.71. The zero-order valence-corrected chi connectivity index (χ0v) is 10.5. The summed E-state index contributed by atoms with van der Waals surface area (Å²) in [6.45, 7) is 2.71. The molecule has 0 unspecified atom stereocenters. The van der Waals surface area contributed by atoms with Gasteiger partial charge in [-0.05, 0) is 25.1 Å². The van der Waals surface area contributed by atoms with Gasteiger partial charge in [0.15, 0.2) is 0 Å². The molecule has 2 rings (SSSR count). The Hall–Kier alpha value is -1.88. The Balaban J connectivity index is 2.20. The number of hydrogen-bond donors (Lipinski definition) is 1. The van der Waals surface area contributed by atoms with Gasteiger partial charge in [-0.3, -0.25) is 0 Å². The number of halogens is 1. The molecule has 0 aliphatic carbocycles. The third-order valence-corrected chi connectivity index (χ3v) is 2.68. The van der Waals surface area contributed by atoms with Gasteiger partial charge >= 0.3 is 0 Å². The lowest BCUT2D eigenvalue weighted by atomic mass is 10.2. The number of nitrogens with two attached hydrogens (primary N) is 1. The minimum atomic E-state index is -0.374. The monoisotopic (exact) mass is 249 g/mol. The number of hydrogen-bond acceptors (Lipinski definition) is 4. The van der Waals surface area contributed by atoms with Gasteiger partial charge in [0, 0.05) is 19.2 Å². The van der Waals surface area contributed by atoms with E-state index in [2.05, 4.69) is 4.98 Å². The molecule has 18 heavy (non-hydrogen) atoms. The molecule has 0 amide bonds. The zero-order valence-electron chi connectivity index (χ0n) is 10.5. The second-order valence-corrected chi connectivity index (χ2v) is 4.21. The van der Waals surface area contributed by atoms with Crippen molar-refractivity contribution in [3.8, 4) is 0 Å². The van der Waals surface area contributed by atoms with Gasteiger partial charge < -0.3 is 15.1 Å². The highest BCUT2D eigenvalue weighted by molar-refractivity contribution is 5.46. The van der Waals surface area contributed by atoms with E-state index in [0.717, 1.165) is 11.5 Å². The maximum atomic E-state index is 13.1. The SMILES string of the molecule is Cc1ccc(CN(C)c2ncc(F)cc2CN)o1. The molecular formula is C13H16FN3O. The largest absolute Gasteiger partial charge is 0.464 e. The van der Waals surface area contributed by atoms with E-state index >= 15 is 0 Å². The van der Waals surface area contributed by atoms with Crippen LogP contribution in [0.15, 0.2) is 28.8 Å². The van der Waals surface area contributed by atoms with Crippen LogP contribution in [0, 0.1) is 12.7 Å². The topological polar surface area (TPSA) is 55.3 Å². The highest BCUT2D eigenvalue weighted by Gasteiger charge is 2.11. The highest BCUT2D eigenvalue weighted by atomic mass is 19.1. The van der Waals surface area contributed by atoms with Gasteiger partial charge in [-0.2, -0.15) is 0 Å². The van der Waals surface area contributed by atoms with E-state index in [0.29, 0.717) is 17.9 Å². The molecule has 0 aromatic carbocycles. The summed E-state index contributed by atoms with van der Waals surface area (Å²) < 4.78 is 18.6. The van der Waals surface area contributed by atoms with Crippen LogP contribution < -0.4 is 10.6 Å². The predicted octanol–water partition coefficient (Wildman–Crippen LogP) is 2.22. The van der Waals surface area contributed by atoms with Crippen LogP contribution in [-0.4, -0.2) is 12.0 Å². The van der Waals surface area contributed by atoms with Crippen molar-refractivity contribution in [1.29, 1.82) is 0 Å². The Bertz CT molecular complexity index is 539. The second-order valence-electron chi connectivity index (χ2n) is 4.21. The molecule has 0 atom stereocenters. The number of aryl methyl sites for hydroxylation is 1. The molecule has 4 nitrogen and oxygen atoms in total. The molecule has 0 bridgehead atoms. The summed E-state index contributed by atoms with van der Waals surface area (Å²) in [5.41, 5.74) is 6.28. The summed E-state index contributed by atoms with van der Waals surface area (Å²) in [5, 5.41) is 0. The number of anilines is 1. The van der Waals surface area contributed by atoms with Crippen molar-refractivity contribution in [2.75, 3.05) is 11.9 Å². The van der Waals surface area contributed by atoms with Crippen LogP contribution in [0.25, 0.3) is 0 Å². The minimum Gasteiger partial charge on any atom is -0.464 e. The molecule has 0 aliphatic heterocycles. The van der Waals surface area contributed by atoms with E-state index in [9.17, 15) is 4.39 Å². The van der Waals surface area contributed by atoms with Gasteiger partial charge in [0.2, 0.25) is 0 Å². The number of nitrogens with zero attached hydrogens (tertiary/aromatic N) is 2. The number of rotatable bonds is 4.